The molecule has 0 fully saturated rings. The summed E-state index contributed by atoms with van der Waals surface area (Å²) in [4.78, 5) is 4.33. The lowest BCUT2D eigenvalue weighted by Crippen LogP contribution is -2.19. The van der Waals surface area contributed by atoms with Crippen LogP contribution < -0.4 is 5.32 Å². The van der Waals surface area contributed by atoms with Crippen LogP contribution in [0.15, 0.2) is 18.3 Å². The summed E-state index contributed by atoms with van der Waals surface area (Å²) < 4.78 is 0. The van der Waals surface area contributed by atoms with Crippen LogP contribution in [-0.4, -0.2) is 11.5 Å². The van der Waals surface area contributed by atoms with Crippen LogP contribution in [0.2, 0.25) is 0 Å². The second-order valence-electron chi connectivity index (χ2n) is 2.98. The number of hydrogen-bond donors (Lipinski definition) is 1. The number of rotatable bonds is 3. The summed E-state index contributed by atoms with van der Waals surface area (Å²) in [5, 5.41) is 3.34. The van der Waals surface area contributed by atoms with Crippen LogP contribution >= 0.6 is 0 Å². The third kappa shape index (κ3) is 2.05. The highest BCUT2D eigenvalue weighted by molar-refractivity contribution is 5.20. The molecule has 0 saturated carbocycles. The molecule has 1 rings (SSSR count). The fourth-order valence-corrected chi connectivity index (χ4v) is 1.35. The molecule has 0 saturated heterocycles. The summed E-state index contributed by atoms with van der Waals surface area (Å²) in [6.07, 6.45) is 1.84. The Hall–Kier alpha value is -0.890. The largest absolute Gasteiger partial charge is 0.309 e. The summed E-state index contributed by atoms with van der Waals surface area (Å²) >= 11 is 0. The van der Waals surface area contributed by atoms with Gasteiger partial charge in [0.1, 0.15) is 0 Å². The first-order chi connectivity index (χ1) is 5.75. The van der Waals surface area contributed by atoms with Gasteiger partial charge < -0.3 is 5.32 Å². The number of nitrogens with one attached hydrogen (secondary N) is 1. The molecule has 0 bridgehead atoms. The maximum Gasteiger partial charge on any atom is 0.0599 e. The molecular formula is C10H16N2. The first kappa shape index (κ1) is 9.20. The van der Waals surface area contributed by atoms with Gasteiger partial charge in [0, 0.05) is 12.2 Å². The smallest absolute Gasteiger partial charge is 0.0599 e. The first-order valence-corrected chi connectivity index (χ1v) is 4.40. The number of aromatic nitrogens is 1. The molecule has 0 aliphatic heterocycles. The predicted molar refractivity (Wildman–Crippen MR) is 51.1 cm³/mol. The Kier molecular flexibility index (Phi) is 3.23. The van der Waals surface area contributed by atoms with Crippen molar-refractivity contribution in [1.82, 2.24) is 10.3 Å². The van der Waals surface area contributed by atoms with E-state index < -0.39 is 0 Å². The summed E-state index contributed by atoms with van der Waals surface area (Å²) in [5.41, 5.74) is 2.41. The van der Waals surface area contributed by atoms with Gasteiger partial charge in [-0.3, -0.25) is 4.98 Å². The van der Waals surface area contributed by atoms with Gasteiger partial charge in [-0.25, -0.2) is 0 Å². The van der Waals surface area contributed by atoms with E-state index in [1.165, 1.54) is 5.56 Å². The maximum atomic E-state index is 4.33. The SMILES string of the molecule is CCNC(C)c1ncccc1C. The highest BCUT2D eigenvalue weighted by Gasteiger charge is 2.06. The Labute approximate surface area is 74.0 Å². The van der Waals surface area contributed by atoms with Gasteiger partial charge >= 0.3 is 0 Å². The van der Waals surface area contributed by atoms with Crippen LogP contribution in [0.3, 0.4) is 0 Å². The minimum Gasteiger partial charge on any atom is -0.309 e. The average molecular weight is 164 g/mol. The van der Waals surface area contributed by atoms with E-state index in [1.54, 1.807) is 0 Å². The van der Waals surface area contributed by atoms with Crippen molar-refractivity contribution < 1.29 is 0 Å². The zero-order chi connectivity index (χ0) is 8.97. The van der Waals surface area contributed by atoms with Crippen molar-refractivity contribution in [1.29, 1.82) is 0 Å². The minimum atomic E-state index is 0.358. The highest BCUT2D eigenvalue weighted by Crippen LogP contribution is 2.12. The lowest BCUT2D eigenvalue weighted by Gasteiger charge is -2.13. The van der Waals surface area contributed by atoms with Crippen LogP contribution in [0.5, 0.6) is 0 Å². The Morgan fingerprint density at radius 1 is 1.58 bits per heavy atom. The monoisotopic (exact) mass is 164 g/mol. The van der Waals surface area contributed by atoms with E-state index in [0.717, 1.165) is 12.2 Å². The lowest BCUT2D eigenvalue weighted by molar-refractivity contribution is 0.580. The molecule has 0 aliphatic rings. The summed E-state index contributed by atoms with van der Waals surface area (Å²) in [7, 11) is 0. The van der Waals surface area contributed by atoms with Gasteiger partial charge in [0.2, 0.25) is 0 Å². The molecule has 2 nitrogen and oxygen atoms in total. The van der Waals surface area contributed by atoms with Crippen molar-refractivity contribution in [2.24, 2.45) is 0 Å². The molecule has 1 heterocycles. The van der Waals surface area contributed by atoms with Gasteiger partial charge in [-0.15, -0.1) is 0 Å². The van der Waals surface area contributed by atoms with Gasteiger partial charge in [0.25, 0.3) is 0 Å². The van der Waals surface area contributed by atoms with Gasteiger partial charge in [0.15, 0.2) is 0 Å². The van der Waals surface area contributed by atoms with E-state index in [9.17, 15) is 0 Å². The third-order valence-corrected chi connectivity index (χ3v) is 1.97. The van der Waals surface area contributed by atoms with Crippen LogP contribution in [-0.2, 0) is 0 Å². The Morgan fingerprint density at radius 3 is 2.92 bits per heavy atom. The topological polar surface area (TPSA) is 24.9 Å². The van der Waals surface area contributed by atoms with Crippen molar-refractivity contribution in [2.45, 2.75) is 26.8 Å². The normalized spacial score (nSPS) is 12.9. The molecule has 0 aromatic carbocycles. The molecule has 1 atom stereocenters. The summed E-state index contributed by atoms with van der Waals surface area (Å²) in [6, 6.07) is 4.42. The van der Waals surface area contributed by atoms with Crippen molar-refractivity contribution in [2.75, 3.05) is 6.54 Å². The summed E-state index contributed by atoms with van der Waals surface area (Å²) in [6.45, 7) is 7.32. The van der Waals surface area contributed by atoms with Crippen molar-refractivity contribution in [3.63, 3.8) is 0 Å². The molecule has 0 aliphatic carbocycles. The Balaban J connectivity index is 2.79. The van der Waals surface area contributed by atoms with Gasteiger partial charge in [-0.2, -0.15) is 0 Å². The van der Waals surface area contributed by atoms with Crippen LogP contribution in [0.1, 0.15) is 31.1 Å². The second kappa shape index (κ2) is 4.21. The molecule has 1 aromatic heterocycles. The standard InChI is InChI=1S/C10H16N2/c1-4-11-9(3)10-8(2)6-5-7-12-10/h5-7,9,11H,4H2,1-3H3. The fraction of sp³-hybridized carbons (Fsp3) is 0.500. The Morgan fingerprint density at radius 2 is 2.33 bits per heavy atom. The van der Waals surface area contributed by atoms with Gasteiger partial charge in [-0.05, 0) is 32.0 Å². The van der Waals surface area contributed by atoms with Crippen molar-refractivity contribution >= 4 is 0 Å². The van der Waals surface area contributed by atoms with Gasteiger partial charge in [-0.1, -0.05) is 13.0 Å². The zero-order valence-corrected chi connectivity index (χ0v) is 7.96. The van der Waals surface area contributed by atoms with E-state index in [4.69, 9.17) is 0 Å². The Bertz CT molecular complexity index is 245. The maximum absolute atomic E-state index is 4.33. The predicted octanol–water partition coefficient (Wildman–Crippen LogP) is 2.06. The quantitative estimate of drug-likeness (QED) is 0.739. The van der Waals surface area contributed by atoms with E-state index in [2.05, 4.69) is 37.1 Å². The number of hydrogen-bond acceptors (Lipinski definition) is 2. The third-order valence-electron chi connectivity index (χ3n) is 1.97. The number of nitrogens with zero attached hydrogens (tertiary/aromatic N) is 1. The van der Waals surface area contributed by atoms with Crippen LogP contribution in [0.25, 0.3) is 0 Å². The second-order valence-corrected chi connectivity index (χ2v) is 2.98. The summed E-state index contributed by atoms with van der Waals surface area (Å²) in [5.74, 6) is 0. The molecule has 0 spiro atoms. The van der Waals surface area contributed by atoms with E-state index in [-0.39, 0.29) is 0 Å². The highest BCUT2D eigenvalue weighted by atomic mass is 14.9. The van der Waals surface area contributed by atoms with E-state index in [1.807, 2.05) is 12.3 Å². The number of aryl methyl sites for hydroxylation is 1. The van der Waals surface area contributed by atoms with E-state index >= 15 is 0 Å². The first-order valence-electron chi connectivity index (χ1n) is 4.40. The zero-order valence-electron chi connectivity index (χ0n) is 7.96. The molecule has 0 radical (unpaired) electrons. The van der Waals surface area contributed by atoms with E-state index in [0.29, 0.717) is 6.04 Å². The molecule has 1 unspecified atom stereocenters. The molecule has 1 aromatic rings. The van der Waals surface area contributed by atoms with Gasteiger partial charge in [0.05, 0.1) is 5.69 Å². The molecule has 1 N–H and O–H groups in total. The molecule has 2 heteroatoms. The molecule has 0 amide bonds. The number of pyridine rings is 1. The van der Waals surface area contributed by atoms with Crippen LogP contribution in [0.4, 0.5) is 0 Å². The average Bonchev–Trinajstić information content (AvgIpc) is 2.05. The molecule has 66 valence electrons. The van der Waals surface area contributed by atoms with Crippen molar-refractivity contribution in [3.05, 3.63) is 29.6 Å². The molecule has 12 heavy (non-hydrogen) atoms. The minimum absolute atomic E-state index is 0.358. The lowest BCUT2D eigenvalue weighted by atomic mass is 10.1. The van der Waals surface area contributed by atoms with Crippen molar-refractivity contribution in [3.8, 4) is 0 Å². The van der Waals surface area contributed by atoms with Crippen LogP contribution in [0, 0.1) is 6.92 Å². The molecular weight excluding hydrogens is 148 g/mol. The fourth-order valence-electron chi connectivity index (χ4n) is 1.35.